The maximum Gasteiger partial charge on any atom is 0.214 e. The Balaban J connectivity index is 1.78. The van der Waals surface area contributed by atoms with Crippen LogP contribution in [0.5, 0.6) is 0 Å². The number of aromatic nitrogens is 4. The average molecular weight is 316 g/mol. The monoisotopic (exact) mass is 316 g/mol. The summed E-state index contributed by atoms with van der Waals surface area (Å²) in [6.07, 6.45) is 0. The summed E-state index contributed by atoms with van der Waals surface area (Å²) in [7, 11) is 0. The van der Waals surface area contributed by atoms with E-state index in [0.29, 0.717) is 10.9 Å². The molecule has 2 aromatic heterocycles. The lowest BCUT2D eigenvalue weighted by molar-refractivity contribution is 0.102. The molecule has 7 heteroatoms. The van der Waals surface area contributed by atoms with Crippen LogP contribution in [-0.2, 0) is 0 Å². The number of nitrogens with zero attached hydrogens (tertiary/aromatic N) is 4. The van der Waals surface area contributed by atoms with Gasteiger partial charge in [0.25, 0.3) is 0 Å². The van der Waals surface area contributed by atoms with Gasteiger partial charge in [0.1, 0.15) is 0 Å². The molecule has 0 atom stereocenters. The van der Waals surface area contributed by atoms with E-state index in [0.717, 1.165) is 16.1 Å². The highest BCUT2D eigenvalue weighted by Gasteiger charge is 2.14. The predicted octanol–water partition coefficient (Wildman–Crippen LogP) is 3.01. The predicted molar refractivity (Wildman–Crippen MR) is 83.3 cm³/mol. The first-order valence-corrected chi connectivity index (χ1v) is 8.16. The number of Topliss-reactive ketones (excluding diaryl/α,β-unsaturated/α-hetero) is 1. The minimum atomic E-state index is 0.0920. The summed E-state index contributed by atoms with van der Waals surface area (Å²) in [5, 5.41) is 14.2. The van der Waals surface area contributed by atoms with Crippen molar-refractivity contribution in [2.24, 2.45) is 0 Å². The zero-order valence-corrected chi connectivity index (χ0v) is 12.9. The van der Waals surface area contributed by atoms with Crippen molar-refractivity contribution in [2.45, 2.75) is 12.1 Å². The third-order valence-electron chi connectivity index (χ3n) is 2.91. The smallest absolute Gasteiger partial charge is 0.214 e. The molecule has 0 N–H and O–H groups in total. The van der Waals surface area contributed by atoms with Gasteiger partial charge in [0.15, 0.2) is 5.78 Å². The summed E-state index contributed by atoms with van der Waals surface area (Å²) >= 11 is 2.80. The number of thioether (sulfide) groups is 1. The van der Waals surface area contributed by atoms with Crippen LogP contribution in [0.2, 0.25) is 0 Å². The fourth-order valence-corrected chi connectivity index (χ4v) is 3.38. The normalized spacial score (nSPS) is 10.7. The van der Waals surface area contributed by atoms with Crippen LogP contribution >= 0.6 is 23.1 Å². The van der Waals surface area contributed by atoms with Crippen LogP contribution in [0, 0.1) is 6.92 Å². The Morgan fingerprint density at radius 1 is 1.29 bits per heavy atom. The van der Waals surface area contributed by atoms with E-state index in [1.807, 2.05) is 48.7 Å². The Labute approximate surface area is 130 Å². The van der Waals surface area contributed by atoms with Crippen LogP contribution in [0.4, 0.5) is 0 Å². The maximum absolute atomic E-state index is 12.0. The minimum Gasteiger partial charge on any atom is -0.292 e. The quantitative estimate of drug-likeness (QED) is 0.535. The number of tetrazole rings is 1. The van der Waals surface area contributed by atoms with Gasteiger partial charge in [-0.1, -0.05) is 36.0 Å². The van der Waals surface area contributed by atoms with Crippen molar-refractivity contribution in [3.63, 3.8) is 0 Å². The summed E-state index contributed by atoms with van der Waals surface area (Å²) in [6, 6.07) is 11.6. The first-order chi connectivity index (χ1) is 10.3. The van der Waals surface area contributed by atoms with Crippen LogP contribution < -0.4 is 0 Å². The molecule has 3 rings (SSSR count). The number of ketones is 1. The molecule has 0 radical (unpaired) electrons. The molecule has 5 nitrogen and oxygen atoms in total. The number of aryl methyl sites for hydroxylation is 1. The zero-order valence-electron chi connectivity index (χ0n) is 11.3. The second-order valence-electron chi connectivity index (χ2n) is 4.35. The molecule has 0 saturated carbocycles. The molecule has 0 fully saturated rings. The Kier molecular flexibility index (Phi) is 4.12. The van der Waals surface area contributed by atoms with Gasteiger partial charge < -0.3 is 0 Å². The highest BCUT2D eigenvalue weighted by atomic mass is 32.2. The van der Waals surface area contributed by atoms with E-state index in [1.165, 1.54) is 23.1 Å². The van der Waals surface area contributed by atoms with Crippen molar-refractivity contribution >= 4 is 28.9 Å². The van der Waals surface area contributed by atoms with Crippen LogP contribution in [0.15, 0.2) is 46.9 Å². The van der Waals surface area contributed by atoms with Crippen molar-refractivity contribution < 1.29 is 4.79 Å². The number of carbonyl (C=O) groups excluding carboxylic acids is 1. The Bertz CT molecular complexity index is 752. The first kappa shape index (κ1) is 14.0. The number of hydrogen-bond donors (Lipinski definition) is 0. The van der Waals surface area contributed by atoms with E-state index in [2.05, 4.69) is 15.5 Å². The molecule has 3 aromatic rings. The molecule has 0 saturated heterocycles. The third-order valence-corrected chi connectivity index (χ3v) is 4.74. The van der Waals surface area contributed by atoms with Gasteiger partial charge in [-0.25, -0.2) is 0 Å². The van der Waals surface area contributed by atoms with E-state index < -0.39 is 0 Å². The molecule has 106 valence electrons. The minimum absolute atomic E-state index is 0.0920. The Morgan fingerprint density at radius 3 is 2.90 bits per heavy atom. The summed E-state index contributed by atoms with van der Waals surface area (Å²) < 4.78 is 1.67. The Morgan fingerprint density at radius 2 is 2.14 bits per heavy atom. The lowest BCUT2D eigenvalue weighted by Crippen LogP contribution is -2.04. The molecule has 0 unspecified atom stereocenters. The number of para-hydroxylation sites is 1. The van der Waals surface area contributed by atoms with Gasteiger partial charge in [-0.15, -0.1) is 16.4 Å². The summed E-state index contributed by atoms with van der Waals surface area (Å²) in [4.78, 5) is 12.8. The standard InChI is InChI=1S/C14H12N4OS2/c1-10-5-2-3-6-11(10)18-14(15-16-17-18)21-9-12(19)13-7-4-8-20-13/h2-8H,9H2,1H3. The van der Waals surface area contributed by atoms with E-state index in [-0.39, 0.29) is 5.78 Å². The average Bonchev–Trinajstić information content (AvgIpc) is 3.17. The summed E-state index contributed by atoms with van der Waals surface area (Å²) in [6.45, 7) is 2.00. The van der Waals surface area contributed by atoms with Crippen molar-refractivity contribution in [2.75, 3.05) is 5.75 Å². The van der Waals surface area contributed by atoms with Gasteiger partial charge in [-0.05, 0) is 40.4 Å². The van der Waals surface area contributed by atoms with Crippen molar-refractivity contribution in [3.05, 3.63) is 52.2 Å². The second-order valence-corrected chi connectivity index (χ2v) is 6.24. The number of benzene rings is 1. The fraction of sp³-hybridized carbons (Fsp3) is 0.143. The third kappa shape index (κ3) is 3.03. The van der Waals surface area contributed by atoms with Crippen LogP contribution in [0.25, 0.3) is 5.69 Å². The molecule has 0 aliphatic carbocycles. The molecular formula is C14H12N4OS2. The molecular weight excluding hydrogens is 304 g/mol. The van der Waals surface area contributed by atoms with E-state index in [1.54, 1.807) is 4.68 Å². The van der Waals surface area contributed by atoms with Crippen LogP contribution in [-0.4, -0.2) is 31.7 Å². The fourth-order valence-electron chi connectivity index (χ4n) is 1.86. The topological polar surface area (TPSA) is 60.7 Å². The number of thiophene rings is 1. The maximum atomic E-state index is 12.0. The highest BCUT2D eigenvalue weighted by Crippen LogP contribution is 2.22. The van der Waals surface area contributed by atoms with Gasteiger partial charge in [0.05, 0.1) is 16.3 Å². The van der Waals surface area contributed by atoms with Crippen molar-refractivity contribution in [3.8, 4) is 5.69 Å². The largest absolute Gasteiger partial charge is 0.292 e. The highest BCUT2D eigenvalue weighted by molar-refractivity contribution is 7.99. The van der Waals surface area contributed by atoms with Crippen LogP contribution in [0.3, 0.4) is 0 Å². The van der Waals surface area contributed by atoms with Crippen molar-refractivity contribution in [1.29, 1.82) is 0 Å². The summed E-state index contributed by atoms with van der Waals surface area (Å²) in [5.74, 6) is 0.418. The first-order valence-electron chi connectivity index (χ1n) is 6.29. The lowest BCUT2D eigenvalue weighted by Gasteiger charge is -2.06. The molecule has 1 aromatic carbocycles. The lowest BCUT2D eigenvalue weighted by atomic mass is 10.2. The van der Waals surface area contributed by atoms with E-state index >= 15 is 0 Å². The number of carbonyl (C=O) groups is 1. The van der Waals surface area contributed by atoms with Crippen LogP contribution in [0.1, 0.15) is 15.2 Å². The summed E-state index contributed by atoms with van der Waals surface area (Å²) in [5.41, 5.74) is 2.00. The Hall–Kier alpha value is -1.99. The molecule has 2 heterocycles. The number of hydrogen-bond acceptors (Lipinski definition) is 6. The molecule has 0 amide bonds. The number of rotatable bonds is 5. The van der Waals surface area contributed by atoms with Crippen molar-refractivity contribution in [1.82, 2.24) is 20.2 Å². The molecule has 0 aliphatic rings. The SMILES string of the molecule is Cc1ccccc1-n1nnnc1SCC(=O)c1cccs1. The molecule has 0 bridgehead atoms. The van der Waals surface area contributed by atoms with Gasteiger partial charge in [-0.2, -0.15) is 4.68 Å². The van der Waals surface area contributed by atoms with E-state index in [4.69, 9.17) is 0 Å². The molecule has 21 heavy (non-hydrogen) atoms. The zero-order chi connectivity index (χ0) is 14.7. The van der Waals surface area contributed by atoms with Gasteiger partial charge >= 0.3 is 0 Å². The van der Waals surface area contributed by atoms with Gasteiger partial charge in [-0.3, -0.25) is 4.79 Å². The molecule has 0 spiro atoms. The van der Waals surface area contributed by atoms with Gasteiger partial charge in [0.2, 0.25) is 5.16 Å². The second kappa shape index (κ2) is 6.19. The molecule has 0 aliphatic heterocycles. The van der Waals surface area contributed by atoms with E-state index in [9.17, 15) is 4.79 Å². The van der Waals surface area contributed by atoms with Gasteiger partial charge in [0, 0.05) is 0 Å².